The number of nitrogens with zero attached hydrogens (tertiary/aromatic N) is 2. The molecule has 118 valence electrons. The van der Waals surface area contributed by atoms with Gasteiger partial charge in [0.15, 0.2) is 0 Å². The lowest BCUT2D eigenvalue weighted by atomic mass is 9.89. The van der Waals surface area contributed by atoms with Gasteiger partial charge in [-0.15, -0.1) is 0 Å². The third-order valence-corrected chi connectivity index (χ3v) is 4.16. The molecule has 23 heavy (non-hydrogen) atoms. The van der Waals surface area contributed by atoms with Gasteiger partial charge in [0.1, 0.15) is 11.1 Å². The SMILES string of the molecule is C[C@]1(N2C(=O)c3cccc([N+](=O)[O-])c3C2=O)CCC(=O)NC1=O. The molecule has 0 saturated carbocycles. The van der Waals surface area contributed by atoms with Crippen molar-refractivity contribution in [1.82, 2.24) is 10.2 Å². The summed E-state index contributed by atoms with van der Waals surface area (Å²) in [6.45, 7) is 1.36. The molecule has 0 unspecified atom stereocenters. The smallest absolute Gasteiger partial charge is 0.282 e. The highest BCUT2D eigenvalue weighted by atomic mass is 16.6. The summed E-state index contributed by atoms with van der Waals surface area (Å²) in [6.07, 6.45) is -0.0608. The number of fused-ring (bicyclic) bond motifs is 1. The number of piperidine rings is 1. The van der Waals surface area contributed by atoms with Crippen LogP contribution in [0.4, 0.5) is 5.69 Å². The number of hydrogen-bond acceptors (Lipinski definition) is 6. The Morgan fingerprint density at radius 2 is 1.91 bits per heavy atom. The Labute approximate surface area is 129 Å². The lowest BCUT2D eigenvalue weighted by Crippen LogP contribution is -2.62. The Morgan fingerprint density at radius 1 is 1.22 bits per heavy atom. The summed E-state index contributed by atoms with van der Waals surface area (Å²) in [5.74, 6) is -2.94. The summed E-state index contributed by atoms with van der Waals surface area (Å²) in [4.78, 5) is 59.6. The fraction of sp³-hybridized carbons (Fsp3) is 0.286. The van der Waals surface area contributed by atoms with Crippen molar-refractivity contribution in [1.29, 1.82) is 0 Å². The molecule has 1 saturated heterocycles. The first-order chi connectivity index (χ1) is 10.8. The van der Waals surface area contributed by atoms with Gasteiger partial charge in [0.25, 0.3) is 23.4 Å². The molecule has 0 spiro atoms. The highest BCUT2D eigenvalue weighted by Gasteiger charge is 2.54. The number of benzene rings is 1. The molecule has 0 aromatic heterocycles. The molecule has 0 bridgehead atoms. The quantitative estimate of drug-likeness (QED) is 0.477. The summed E-state index contributed by atoms with van der Waals surface area (Å²) in [5.41, 5.74) is -2.49. The average Bonchev–Trinajstić information content (AvgIpc) is 2.76. The molecule has 9 nitrogen and oxygen atoms in total. The number of nitro groups is 1. The lowest BCUT2D eigenvalue weighted by Gasteiger charge is -2.37. The summed E-state index contributed by atoms with van der Waals surface area (Å²) in [7, 11) is 0. The zero-order chi connectivity index (χ0) is 16.9. The highest BCUT2D eigenvalue weighted by molar-refractivity contribution is 6.25. The van der Waals surface area contributed by atoms with E-state index in [1.165, 1.54) is 19.1 Å². The van der Waals surface area contributed by atoms with Crippen LogP contribution in [-0.4, -0.2) is 39.0 Å². The summed E-state index contributed by atoms with van der Waals surface area (Å²) in [5, 5.41) is 13.2. The first-order valence-electron chi connectivity index (χ1n) is 6.78. The number of nitrogens with one attached hydrogen (secondary N) is 1. The molecule has 3 rings (SSSR count). The van der Waals surface area contributed by atoms with Crippen molar-refractivity contribution in [3.63, 3.8) is 0 Å². The molecule has 1 fully saturated rings. The predicted molar refractivity (Wildman–Crippen MR) is 74.4 cm³/mol. The van der Waals surface area contributed by atoms with Gasteiger partial charge in [-0.3, -0.25) is 39.5 Å². The number of carbonyl (C=O) groups excluding carboxylic acids is 4. The zero-order valence-electron chi connectivity index (χ0n) is 12.0. The average molecular weight is 317 g/mol. The van der Waals surface area contributed by atoms with Crippen molar-refractivity contribution in [3.8, 4) is 0 Å². The maximum Gasteiger partial charge on any atom is 0.282 e. The van der Waals surface area contributed by atoms with Gasteiger partial charge >= 0.3 is 0 Å². The number of hydrogen-bond donors (Lipinski definition) is 1. The second-order valence-electron chi connectivity index (χ2n) is 5.55. The predicted octanol–water partition coefficient (Wildman–Crippen LogP) is 0.386. The fourth-order valence-corrected chi connectivity index (χ4v) is 2.88. The summed E-state index contributed by atoms with van der Waals surface area (Å²) in [6, 6.07) is 3.73. The topological polar surface area (TPSA) is 127 Å². The van der Waals surface area contributed by atoms with E-state index in [9.17, 15) is 29.3 Å². The third-order valence-electron chi connectivity index (χ3n) is 4.16. The first kappa shape index (κ1) is 14.8. The van der Waals surface area contributed by atoms with Gasteiger partial charge in [0.2, 0.25) is 5.91 Å². The van der Waals surface area contributed by atoms with E-state index >= 15 is 0 Å². The Morgan fingerprint density at radius 3 is 2.52 bits per heavy atom. The van der Waals surface area contributed by atoms with Crippen LogP contribution in [-0.2, 0) is 9.59 Å². The monoisotopic (exact) mass is 317 g/mol. The Bertz CT molecular complexity index is 802. The number of amides is 4. The summed E-state index contributed by atoms with van der Waals surface area (Å²) < 4.78 is 0. The van der Waals surface area contributed by atoms with Gasteiger partial charge in [0, 0.05) is 12.5 Å². The molecule has 4 amide bonds. The second-order valence-corrected chi connectivity index (χ2v) is 5.55. The van der Waals surface area contributed by atoms with E-state index in [1.807, 2.05) is 0 Å². The van der Waals surface area contributed by atoms with E-state index in [4.69, 9.17) is 0 Å². The van der Waals surface area contributed by atoms with E-state index in [-0.39, 0.29) is 24.0 Å². The Balaban J connectivity index is 2.11. The maximum atomic E-state index is 12.6. The zero-order valence-corrected chi connectivity index (χ0v) is 12.0. The maximum absolute atomic E-state index is 12.6. The van der Waals surface area contributed by atoms with Crippen LogP contribution >= 0.6 is 0 Å². The number of nitro benzene ring substituents is 1. The molecule has 1 aromatic rings. The molecule has 1 aromatic carbocycles. The highest BCUT2D eigenvalue weighted by Crippen LogP contribution is 2.37. The Kier molecular flexibility index (Phi) is 3.03. The van der Waals surface area contributed by atoms with Gasteiger partial charge in [-0.05, 0) is 19.4 Å². The molecule has 2 aliphatic heterocycles. The molecule has 2 aliphatic rings. The van der Waals surface area contributed by atoms with E-state index in [0.29, 0.717) is 4.90 Å². The van der Waals surface area contributed by atoms with Gasteiger partial charge in [-0.1, -0.05) is 6.07 Å². The minimum absolute atomic E-state index is 0.0300. The van der Waals surface area contributed by atoms with Crippen LogP contribution in [0.5, 0.6) is 0 Å². The standard InChI is InChI=1S/C14H11N3O6/c1-14(6-5-9(18)15-13(14)21)16-11(19)7-3-2-4-8(17(22)23)10(7)12(16)20/h2-4H,5-6H2,1H3,(H,15,18,21)/t14-/m0/s1. The number of rotatable bonds is 2. The van der Waals surface area contributed by atoms with Gasteiger partial charge in [0.05, 0.1) is 10.5 Å². The first-order valence-corrected chi connectivity index (χ1v) is 6.78. The fourth-order valence-electron chi connectivity index (χ4n) is 2.88. The van der Waals surface area contributed by atoms with Crippen molar-refractivity contribution >= 4 is 29.3 Å². The van der Waals surface area contributed by atoms with E-state index in [1.54, 1.807) is 0 Å². The minimum Gasteiger partial charge on any atom is -0.294 e. The lowest BCUT2D eigenvalue weighted by molar-refractivity contribution is -0.385. The van der Waals surface area contributed by atoms with Crippen LogP contribution in [0, 0.1) is 10.1 Å². The molecular weight excluding hydrogens is 306 g/mol. The molecular formula is C14H11N3O6. The Hall–Kier alpha value is -3.10. The minimum atomic E-state index is -1.56. The molecule has 9 heteroatoms. The van der Waals surface area contributed by atoms with Gasteiger partial charge < -0.3 is 0 Å². The summed E-state index contributed by atoms with van der Waals surface area (Å²) >= 11 is 0. The van der Waals surface area contributed by atoms with Crippen LogP contribution < -0.4 is 5.32 Å². The van der Waals surface area contributed by atoms with Crippen LogP contribution in [0.1, 0.15) is 40.5 Å². The third kappa shape index (κ3) is 1.93. The molecule has 0 radical (unpaired) electrons. The van der Waals surface area contributed by atoms with Crippen LogP contribution in [0.15, 0.2) is 18.2 Å². The van der Waals surface area contributed by atoms with Crippen molar-refractivity contribution < 1.29 is 24.1 Å². The van der Waals surface area contributed by atoms with Crippen molar-refractivity contribution in [2.24, 2.45) is 0 Å². The van der Waals surface area contributed by atoms with Crippen LogP contribution in [0.2, 0.25) is 0 Å². The largest absolute Gasteiger partial charge is 0.294 e. The van der Waals surface area contributed by atoms with Crippen molar-refractivity contribution in [2.75, 3.05) is 0 Å². The van der Waals surface area contributed by atoms with Crippen molar-refractivity contribution in [3.05, 3.63) is 39.4 Å². The van der Waals surface area contributed by atoms with Crippen molar-refractivity contribution in [2.45, 2.75) is 25.3 Å². The molecule has 1 N–H and O–H groups in total. The molecule has 2 heterocycles. The normalized spacial score (nSPS) is 23.8. The van der Waals surface area contributed by atoms with E-state index in [0.717, 1.165) is 6.07 Å². The number of imide groups is 2. The molecule has 0 aliphatic carbocycles. The van der Waals surface area contributed by atoms with E-state index in [2.05, 4.69) is 5.32 Å². The number of carbonyl (C=O) groups is 4. The van der Waals surface area contributed by atoms with Gasteiger partial charge in [-0.2, -0.15) is 0 Å². The molecule has 1 atom stereocenters. The van der Waals surface area contributed by atoms with E-state index < -0.39 is 39.8 Å². The van der Waals surface area contributed by atoms with Crippen LogP contribution in [0.3, 0.4) is 0 Å². The second kappa shape index (κ2) is 4.70. The van der Waals surface area contributed by atoms with Crippen LogP contribution in [0.25, 0.3) is 0 Å². The van der Waals surface area contributed by atoms with Gasteiger partial charge in [-0.25, -0.2) is 0 Å².